The molecule has 17 heavy (non-hydrogen) atoms. The van der Waals surface area contributed by atoms with Gasteiger partial charge in [0.25, 0.3) is 5.91 Å². The molecule has 0 radical (unpaired) electrons. The van der Waals surface area contributed by atoms with Gasteiger partial charge in [-0.1, -0.05) is 12.0 Å². The average Bonchev–Trinajstić information content (AvgIpc) is 2.28. The molecule has 0 unspecified atom stereocenters. The van der Waals surface area contributed by atoms with E-state index in [-0.39, 0.29) is 5.91 Å². The first-order valence-corrected chi connectivity index (χ1v) is 7.15. The highest BCUT2D eigenvalue weighted by molar-refractivity contribution is 9.10. The quantitative estimate of drug-likeness (QED) is 0.669. The summed E-state index contributed by atoms with van der Waals surface area (Å²) in [4.78, 5) is 11.8. The zero-order chi connectivity index (χ0) is 12.7. The summed E-state index contributed by atoms with van der Waals surface area (Å²) in [6, 6.07) is 5.68. The first-order chi connectivity index (χ1) is 8.15. The van der Waals surface area contributed by atoms with Crippen LogP contribution in [0.5, 0.6) is 0 Å². The molecule has 0 fully saturated rings. The normalized spacial score (nSPS) is 9.71. The maximum absolute atomic E-state index is 11.8. The summed E-state index contributed by atoms with van der Waals surface area (Å²) in [6.07, 6.45) is 5.13. The Kier molecular flexibility index (Phi) is 6.17. The molecule has 2 nitrogen and oxygen atoms in total. The van der Waals surface area contributed by atoms with Crippen molar-refractivity contribution in [1.29, 1.82) is 0 Å². The third-order valence-electron chi connectivity index (χ3n) is 2.09. The molecule has 0 heterocycles. The number of rotatable bonds is 5. The van der Waals surface area contributed by atoms with Crippen molar-refractivity contribution in [3.63, 3.8) is 0 Å². The molecule has 0 aliphatic rings. The van der Waals surface area contributed by atoms with Crippen LogP contribution >= 0.6 is 27.7 Å². The third-order valence-corrected chi connectivity index (χ3v) is 3.61. The standard InChI is InChI=1S/C13H14BrNOS/c1-3-7-17-8-6-15-13(16)11-5-4-10(2)9-12(11)14/h1,4-5,9H,6-8H2,2H3,(H,15,16). The Hall–Kier alpha value is -0.920. The number of aryl methyl sites for hydroxylation is 1. The van der Waals surface area contributed by atoms with Gasteiger partial charge in [-0.2, -0.15) is 0 Å². The van der Waals surface area contributed by atoms with E-state index in [1.54, 1.807) is 11.8 Å². The molecule has 1 amide bonds. The maximum atomic E-state index is 11.8. The lowest BCUT2D eigenvalue weighted by molar-refractivity contribution is 0.0955. The Morgan fingerprint density at radius 1 is 1.59 bits per heavy atom. The second kappa shape index (κ2) is 7.41. The van der Waals surface area contributed by atoms with Gasteiger partial charge in [0.15, 0.2) is 0 Å². The summed E-state index contributed by atoms with van der Waals surface area (Å²) in [5.74, 6) is 4.01. The minimum Gasteiger partial charge on any atom is -0.351 e. The van der Waals surface area contributed by atoms with Gasteiger partial charge < -0.3 is 5.32 Å². The summed E-state index contributed by atoms with van der Waals surface area (Å²) in [6.45, 7) is 2.62. The number of amides is 1. The summed E-state index contributed by atoms with van der Waals surface area (Å²) in [5, 5.41) is 2.86. The van der Waals surface area contributed by atoms with Crippen molar-refractivity contribution < 1.29 is 4.79 Å². The molecule has 4 heteroatoms. The summed E-state index contributed by atoms with van der Waals surface area (Å²) in [5.41, 5.74) is 1.79. The largest absolute Gasteiger partial charge is 0.351 e. The Labute approximate surface area is 115 Å². The van der Waals surface area contributed by atoms with E-state index in [1.807, 2.05) is 25.1 Å². The minimum absolute atomic E-state index is 0.0572. The Morgan fingerprint density at radius 3 is 3.00 bits per heavy atom. The van der Waals surface area contributed by atoms with Crippen molar-refractivity contribution in [2.24, 2.45) is 0 Å². The van der Waals surface area contributed by atoms with Crippen LogP contribution in [0.1, 0.15) is 15.9 Å². The fourth-order valence-electron chi connectivity index (χ4n) is 1.27. The molecule has 0 aliphatic heterocycles. The highest BCUT2D eigenvalue weighted by Gasteiger charge is 2.08. The van der Waals surface area contributed by atoms with E-state index >= 15 is 0 Å². The molecule has 90 valence electrons. The summed E-state index contributed by atoms with van der Waals surface area (Å²) in [7, 11) is 0. The molecule has 0 aromatic heterocycles. The van der Waals surface area contributed by atoms with Crippen LogP contribution in [-0.2, 0) is 0 Å². The van der Waals surface area contributed by atoms with E-state index in [9.17, 15) is 4.79 Å². The smallest absolute Gasteiger partial charge is 0.252 e. The van der Waals surface area contributed by atoms with E-state index in [2.05, 4.69) is 27.2 Å². The number of nitrogens with one attached hydrogen (secondary N) is 1. The summed E-state index contributed by atoms with van der Waals surface area (Å²) >= 11 is 5.02. The molecular formula is C13H14BrNOS. The lowest BCUT2D eigenvalue weighted by atomic mass is 10.1. The molecule has 0 atom stereocenters. The predicted octanol–water partition coefficient (Wildman–Crippen LogP) is 2.85. The van der Waals surface area contributed by atoms with E-state index < -0.39 is 0 Å². The number of carbonyl (C=O) groups excluding carboxylic acids is 1. The summed E-state index contributed by atoms with van der Waals surface area (Å²) < 4.78 is 0.825. The number of halogens is 1. The lowest BCUT2D eigenvalue weighted by Gasteiger charge is -2.06. The van der Waals surface area contributed by atoms with E-state index in [4.69, 9.17) is 6.42 Å². The molecule has 0 bridgehead atoms. The van der Waals surface area contributed by atoms with Crippen molar-refractivity contribution >= 4 is 33.6 Å². The topological polar surface area (TPSA) is 29.1 Å². The Morgan fingerprint density at radius 2 is 2.35 bits per heavy atom. The fourth-order valence-corrected chi connectivity index (χ4v) is 2.45. The monoisotopic (exact) mass is 311 g/mol. The van der Waals surface area contributed by atoms with Crippen LogP contribution in [0.25, 0.3) is 0 Å². The minimum atomic E-state index is -0.0572. The van der Waals surface area contributed by atoms with Crippen molar-refractivity contribution in [1.82, 2.24) is 5.32 Å². The third kappa shape index (κ3) is 4.84. The molecule has 1 aromatic carbocycles. The predicted molar refractivity (Wildman–Crippen MR) is 77.4 cm³/mol. The van der Waals surface area contributed by atoms with Gasteiger partial charge in [0.1, 0.15) is 0 Å². The first kappa shape index (κ1) is 14.1. The van der Waals surface area contributed by atoms with Crippen LogP contribution in [-0.4, -0.2) is 24.0 Å². The number of thioether (sulfide) groups is 1. The molecule has 1 aromatic rings. The highest BCUT2D eigenvalue weighted by atomic mass is 79.9. The second-order valence-electron chi connectivity index (χ2n) is 3.50. The van der Waals surface area contributed by atoms with Crippen molar-refractivity contribution in [2.45, 2.75) is 6.92 Å². The molecule has 1 rings (SSSR count). The van der Waals surface area contributed by atoms with Gasteiger partial charge in [-0.15, -0.1) is 18.2 Å². The number of carbonyl (C=O) groups is 1. The molecule has 0 aliphatic carbocycles. The zero-order valence-electron chi connectivity index (χ0n) is 9.63. The van der Waals surface area contributed by atoms with Gasteiger partial charge in [0.05, 0.1) is 11.3 Å². The number of benzene rings is 1. The van der Waals surface area contributed by atoms with Gasteiger partial charge in [-0.25, -0.2) is 0 Å². The number of hydrogen-bond acceptors (Lipinski definition) is 2. The molecule has 1 N–H and O–H groups in total. The van der Waals surface area contributed by atoms with Crippen LogP contribution in [0, 0.1) is 19.3 Å². The molecule has 0 spiro atoms. The Bertz CT molecular complexity index is 440. The lowest BCUT2D eigenvalue weighted by Crippen LogP contribution is -2.26. The average molecular weight is 312 g/mol. The molecular weight excluding hydrogens is 298 g/mol. The van der Waals surface area contributed by atoms with Crippen LogP contribution in [0.15, 0.2) is 22.7 Å². The van der Waals surface area contributed by atoms with Crippen LogP contribution < -0.4 is 5.32 Å². The van der Waals surface area contributed by atoms with Crippen LogP contribution in [0.2, 0.25) is 0 Å². The first-order valence-electron chi connectivity index (χ1n) is 5.20. The van der Waals surface area contributed by atoms with Gasteiger partial charge >= 0.3 is 0 Å². The second-order valence-corrected chi connectivity index (χ2v) is 5.46. The maximum Gasteiger partial charge on any atom is 0.252 e. The van der Waals surface area contributed by atoms with Gasteiger partial charge in [-0.05, 0) is 40.5 Å². The zero-order valence-corrected chi connectivity index (χ0v) is 12.0. The fraction of sp³-hybridized carbons (Fsp3) is 0.308. The van der Waals surface area contributed by atoms with E-state index in [1.165, 1.54) is 0 Å². The van der Waals surface area contributed by atoms with Crippen LogP contribution in [0.4, 0.5) is 0 Å². The molecule has 0 saturated carbocycles. The number of terminal acetylenes is 1. The van der Waals surface area contributed by atoms with Gasteiger partial charge in [0.2, 0.25) is 0 Å². The van der Waals surface area contributed by atoms with Crippen LogP contribution in [0.3, 0.4) is 0 Å². The van der Waals surface area contributed by atoms with Gasteiger partial charge in [0, 0.05) is 16.8 Å². The SMILES string of the molecule is C#CCSCCNC(=O)c1ccc(C)cc1Br. The Balaban J connectivity index is 2.45. The van der Waals surface area contributed by atoms with E-state index in [0.29, 0.717) is 17.9 Å². The van der Waals surface area contributed by atoms with Gasteiger partial charge in [-0.3, -0.25) is 4.79 Å². The van der Waals surface area contributed by atoms with Crippen molar-refractivity contribution in [3.05, 3.63) is 33.8 Å². The number of hydrogen-bond donors (Lipinski definition) is 1. The molecule has 0 saturated heterocycles. The van der Waals surface area contributed by atoms with Crippen molar-refractivity contribution in [2.75, 3.05) is 18.1 Å². The highest BCUT2D eigenvalue weighted by Crippen LogP contribution is 2.18. The van der Waals surface area contributed by atoms with Crippen molar-refractivity contribution in [3.8, 4) is 12.3 Å². The van der Waals surface area contributed by atoms with E-state index in [0.717, 1.165) is 15.8 Å².